The van der Waals surface area contributed by atoms with E-state index in [1.54, 1.807) is 0 Å². The van der Waals surface area contributed by atoms with Crippen molar-refractivity contribution in [1.29, 1.82) is 0 Å². The highest BCUT2D eigenvalue weighted by molar-refractivity contribution is 5.93. The average molecular weight is 368 g/mol. The van der Waals surface area contributed by atoms with Gasteiger partial charge < -0.3 is 10.1 Å². The van der Waals surface area contributed by atoms with Crippen LogP contribution < -0.4 is 10.2 Å². The molecule has 4 aliphatic carbocycles. The lowest BCUT2D eigenvalue weighted by Crippen LogP contribution is -2.62. The minimum absolute atomic E-state index is 0.0309. The van der Waals surface area contributed by atoms with E-state index >= 15 is 0 Å². The first kappa shape index (κ1) is 17.1. The minimum Gasteiger partial charge on any atom is -0.469 e. The van der Waals surface area contributed by atoms with Crippen molar-refractivity contribution in [2.75, 3.05) is 18.6 Å². The third-order valence-electron chi connectivity index (χ3n) is 7.54. The normalized spacial score (nSPS) is 36.3. The van der Waals surface area contributed by atoms with E-state index in [4.69, 9.17) is 4.74 Å². The molecule has 1 aliphatic heterocycles. The first-order valence-corrected chi connectivity index (χ1v) is 10.3. The van der Waals surface area contributed by atoms with Crippen molar-refractivity contribution in [1.82, 2.24) is 5.32 Å². The Balaban J connectivity index is 1.34. The van der Waals surface area contributed by atoms with Gasteiger partial charge in [-0.3, -0.25) is 9.69 Å². The third kappa shape index (κ3) is 2.66. The maximum absolute atomic E-state index is 13.1. The molecular weight excluding hydrogens is 340 g/mol. The highest BCUT2D eigenvalue weighted by Crippen LogP contribution is 2.60. The minimum atomic E-state index is -0.287. The molecule has 0 aromatic heterocycles. The summed E-state index contributed by atoms with van der Waals surface area (Å²) in [6.07, 6.45) is 7.04. The summed E-state index contributed by atoms with van der Waals surface area (Å²) in [7, 11) is 1.51. The molecule has 1 aromatic rings. The van der Waals surface area contributed by atoms with E-state index in [1.807, 2.05) is 17.0 Å². The van der Waals surface area contributed by atoms with E-state index < -0.39 is 0 Å². The highest BCUT2D eigenvalue weighted by Gasteiger charge is 2.59. The van der Waals surface area contributed by atoms with Gasteiger partial charge in [-0.25, -0.2) is 4.79 Å². The summed E-state index contributed by atoms with van der Waals surface area (Å²) in [5, 5.41) is 3.38. The Morgan fingerprint density at radius 3 is 2.63 bits per heavy atom. The summed E-state index contributed by atoms with van der Waals surface area (Å²) >= 11 is 0. The number of para-hydroxylation sites is 1. The van der Waals surface area contributed by atoms with Crippen molar-refractivity contribution < 1.29 is 14.3 Å². The number of nitrogens with zero attached hydrogens (tertiary/aromatic N) is 1. The fourth-order valence-electron chi connectivity index (χ4n) is 6.69. The first-order valence-electron chi connectivity index (χ1n) is 10.3. The van der Waals surface area contributed by atoms with Gasteiger partial charge in [-0.1, -0.05) is 18.2 Å². The lowest BCUT2D eigenvalue weighted by atomic mass is 9.48. The molecule has 2 unspecified atom stereocenters. The fourth-order valence-corrected chi connectivity index (χ4v) is 6.69. The van der Waals surface area contributed by atoms with Crippen LogP contribution in [0.3, 0.4) is 0 Å². The zero-order valence-corrected chi connectivity index (χ0v) is 15.9. The number of hydrogen-bond donors (Lipinski definition) is 1. The number of amides is 2. The van der Waals surface area contributed by atoms with Gasteiger partial charge in [0.05, 0.1) is 12.5 Å². The Morgan fingerprint density at radius 2 is 1.89 bits per heavy atom. The van der Waals surface area contributed by atoms with Crippen molar-refractivity contribution in [3.8, 4) is 0 Å². The maximum Gasteiger partial charge on any atom is 0.322 e. The molecule has 4 fully saturated rings. The van der Waals surface area contributed by atoms with Crippen molar-refractivity contribution in [3.05, 3.63) is 29.8 Å². The number of carbonyl (C=O) groups excluding carboxylic acids is 2. The van der Waals surface area contributed by atoms with E-state index in [-0.39, 0.29) is 23.5 Å². The zero-order chi connectivity index (χ0) is 18.6. The monoisotopic (exact) mass is 368 g/mol. The standard InChI is InChI=1S/C22H28N2O3/c1-27-20(25)22-11-14-9-16(12-22)19(17(10-14)13-22)23-21(26)24-8-4-6-15-5-2-3-7-18(15)24/h2-3,5,7,14,16-17,19H,4,6,8-13H2,1H3,(H,23,26). The summed E-state index contributed by atoms with van der Waals surface area (Å²) in [5.74, 6) is 1.39. The SMILES string of the molecule is COC(=O)C12CC3CC(C1)C(NC(=O)N1CCCc4ccccc41)C(C3)C2. The fraction of sp³-hybridized carbons (Fsp3) is 0.636. The lowest BCUT2D eigenvalue weighted by molar-refractivity contribution is -0.170. The molecule has 2 atom stereocenters. The van der Waals surface area contributed by atoms with Gasteiger partial charge in [-0.2, -0.15) is 0 Å². The van der Waals surface area contributed by atoms with Crippen molar-refractivity contribution in [3.63, 3.8) is 0 Å². The van der Waals surface area contributed by atoms with Crippen LogP contribution in [-0.2, 0) is 16.0 Å². The second kappa shape index (κ2) is 6.25. The van der Waals surface area contributed by atoms with E-state index in [2.05, 4.69) is 17.4 Å². The van der Waals surface area contributed by atoms with Gasteiger partial charge >= 0.3 is 12.0 Å². The molecule has 2 amide bonds. The van der Waals surface area contributed by atoms with Crippen LogP contribution in [0.2, 0.25) is 0 Å². The number of benzene rings is 1. The van der Waals surface area contributed by atoms with Gasteiger partial charge in [-0.05, 0) is 74.3 Å². The van der Waals surface area contributed by atoms with E-state index in [9.17, 15) is 9.59 Å². The van der Waals surface area contributed by atoms with Crippen molar-refractivity contribution in [2.24, 2.45) is 23.2 Å². The molecule has 144 valence electrons. The Kier molecular flexibility index (Phi) is 3.95. The molecule has 0 spiro atoms. The van der Waals surface area contributed by atoms with Crippen molar-refractivity contribution in [2.45, 2.75) is 51.0 Å². The maximum atomic E-state index is 13.1. The number of esters is 1. The van der Waals surface area contributed by atoms with Crippen LogP contribution in [0.5, 0.6) is 0 Å². The number of anilines is 1. The Hall–Kier alpha value is -2.04. The topological polar surface area (TPSA) is 58.6 Å². The van der Waals surface area contributed by atoms with Gasteiger partial charge in [-0.15, -0.1) is 0 Å². The molecular formula is C22H28N2O3. The largest absolute Gasteiger partial charge is 0.469 e. The lowest BCUT2D eigenvalue weighted by Gasteiger charge is -2.58. The second-order valence-corrected chi connectivity index (χ2v) is 9.10. The van der Waals surface area contributed by atoms with Crippen molar-refractivity contribution >= 4 is 17.7 Å². The Bertz CT molecular complexity index is 761. The van der Waals surface area contributed by atoms with Crippen LogP contribution in [0.15, 0.2) is 24.3 Å². The number of rotatable bonds is 2. The predicted octanol–water partition coefficient (Wildman–Crippen LogP) is 3.52. The summed E-state index contributed by atoms with van der Waals surface area (Å²) in [6, 6.07) is 8.46. The number of methoxy groups -OCH3 is 1. The zero-order valence-electron chi connectivity index (χ0n) is 15.9. The molecule has 4 bridgehead atoms. The molecule has 1 N–H and O–H groups in total. The van der Waals surface area contributed by atoms with E-state index in [0.29, 0.717) is 17.8 Å². The van der Waals surface area contributed by atoms with E-state index in [0.717, 1.165) is 57.2 Å². The molecule has 0 radical (unpaired) electrons. The molecule has 1 aromatic carbocycles. The van der Waals surface area contributed by atoms with E-state index in [1.165, 1.54) is 12.7 Å². The quantitative estimate of drug-likeness (QED) is 0.813. The summed E-state index contributed by atoms with van der Waals surface area (Å²) in [4.78, 5) is 27.5. The van der Waals surface area contributed by atoms with Gasteiger partial charge in [0, 0.05) is 18.3 Å². The molecule has 1 heterocycles. The highest BCUT2D eigenvalue weighted by atomic mass is 16.5. The van der Waals surface area contributed by atoms with Crippen LogP contribution in [-0.4, -0.2) is 31.7 Å². The average Bonchev–Trinajstić information content (AvgIpc) is 2.69. The second-order valence-electron chi connectivity index (χ2n) is 9.10. The Morgan fingerprint density at radius 1 is 1.15 bits per heavy atom. The van der Waals surface area contributed by atoms with Gasteiger partial charge in [0.15, 0.2) is 0 Å². The van der Waals surface area contributed by atoms with Crippen LogP contribution >= 0.6 is 0 Å². The predicted molar refractivity (Wildman–Crippen MR) is 102 cm³/mol. The number of ether oxygens (including phenoxy) is 1. The third-order valence-corrected chi connectivity index (χ3v) is 7.54. The number of aryl methyl sites for hydroxylation is 1. The van der Waals surface area contributed by atoms with Gasteiger partial charge in [0.25, 0.3) is 0 Å². The van der Waals surface area contributed by atoms with Crippen LogP contribution in [0, 0.1) is 23.2 Å². The first-order chi connectivity index (χ1) is 13.1. The van der Waals surface area contributed by atoms with Crippen LogP contribution in [0.25, 0.3) is 0 Å². The molecule has 4 saturated carbocycles. The molecule has 27 heavy (non-hydrogen) atoms. The van der Waals surface area contributed by atoms with Crippen LogP contribution in [0.1, 0.15) is 44.1 Å². The number of nitrogens with one attached hydrogen (secondary N) is 1. The molecule has 5 nitrogen and oxygen atoms in total. The number of carbonyl (C=O) groups is 2. The number of hydrogen-bond acceptors (Lipinski definition) is 3. The van der Waals surface area contributed by atoms with Gasteiger partial charge in [0.2, 0.25) is 0 Å². The number of urea groups is 1. The number of fused-ring (bicyclic) bond motifs is 1. The summed E-state index contributed by atoms with van der Waals surface area (Å²) < 4.78 is 5.15. The van der Waals surface area contributed by atoms with Gasteiger partial charge in [0.1, 0.15) is 0 Å². The molecule has 5 aliphatic rings. The smallest absolute Gasteiger partial charge is 0.322 e. The summed E-state index contributed by atoms with van der Waals surface area (Å²) in [6.45, 7) is 0.777. The Labute approximate surface area is 160 Å². The molecule has 5 heteroatoms. The van der Waals surface area contributed by atoms with Crippen LogP contribution in [0.4, 0.5) is 10.5 Å². The molecule has 6 rings (SSSR count). The summed E-state index contributed by atoms with van der Waals surface area (Å²) in [5.41, 5.74) is 2.02. The molecule has 0 saturated heterocycles.